The van der Waals surface area contributed by atoms with E-state index in [0.717, 1.165) is 5.56 Å². The molecule has 2 aromatic rings. The van der Waals surface area contributed by atoms with Gasteiger partial charge in [0, 0.05) is 5.56 Å². The number of aryl methyl sites for hydroxylation is 1. The molecule has 0 saturated carbocycles. The fraction of sp³-hybridized carbons (Fsp3) is 0.0714. The second-order valence-electron chi connectivity index (χ2n) is 3.67. The third-order valence-corrected chi connectivity index (χ3v) is 2.43. The van der Waals surface area contributed by atoms with Gasteiger partial charge >= 0.3 is 0 Å². The molecule has 0 aliphatic heterocycles. The summed E-state index contributed by atoms with van der Waals surface area (Å²) in [7, 11) is 0. The van der Waals surface area contributed by atoms with Gasteiger partial charge in [-0.15, -0.1) is 0 Å². The van der Waals surface area contributed by atoms with Gasteiger partial charge in [-0.2, -0.15) is 0 Å². The molecule has 0 atom stereocenters. The van der Waals surface area contributed by atoms with E-state index in [4.69, 9.17) is 0 Å². The number of halogens is 1. The molecule has 0 heterocycles. The maximum absolute atomic E-state index is 13.4. The van der Waals surface area contributed by atoms with Crippen LogP contribution in [0.25, 0.3) is 0 Å². The molecule has 0 unspecified atom stereocenters. The number of carbonyl (C=O) groups excluding carboxylic acids is 1. The van der Waals surface area contributed by atoms with E-state index in [1.807, 2.05) is 19.1 Å². The Morgan fingerprint density at radius 1 is 1.00 bits per heavy atom. The molecule has 80 valence electrons. The summed E-state index contributed by atoms with van der Waals surface area (Å²) in [6, 6.07) is 13.1. The van der Waals surface area contributed by atoms with Crippen molar-refractivity contribution in [1.29, 1.82) is 0 Å². The Balaban J connectivity index is 2.40. The van der Waals surface area contributed by atoms with Crippen molar-refractivity contribution in [2.75, 3.05) is 0 Å². The third kappa shape index (κ3) is 2.01. The molecule has 0 aliphatic rings. The highest BCUT2D eigenvalue weighted by Gasteiger charge is 2.12. The number of ketones is 1. The fourth-order valence-electron chi connectivity index (χ4n) is 1.51. The lowest BCUT2D eigenvalue weighted by atomic mass is 10.0. The van der Waals surface area contributed by atoms with Crippen LogP contribution < -0.4 is 0 Å². The molecule has 2 heteroatoms. The average Bonchev–Trinajstić information content (AvgIpc) is 2.30. The zero-order valence-corrected chi connectivity index (χ0v) is 8.91. The molecule has 16 heavy (non-hydrogen) atoms. The maximum Gasteiger partial charge on any atom is 0.195 e. The van der Waals surface area contributed by atoms with Crippen LogP contribution >= 0.6 is 0 Å². The number of rotatable bonds is 2. The molecule has 0 bridgehead atoms. The SMILES string of the molecule is Cc1ccc(C(=O)c2ccccc2F)cc1. The summed E-state index contributed by atoms with van der Waals surface area (Å²) in [4.78, 5) is 11.9. The van der Waals surface area contributed by atoms with E-state index in [1.165, 1.54) is 12.1 Å². The first-order valence-electron chi connectivity index (χ1n) is 5.04. The minimum Gasteiger partial charge on any atom is -0.288 e. The fourth-order valence-corrected chi connectivity index (χ4v) is 1.51. The molecule has 0 aliphatic carbocycles. The van der Waals surface area contributed by atoms with E-state index >= 15 is 0 Å². The molecule has 0 saturated heterocycles. The van der Waals surface area contributed by atoms with E-state index in [2.05, 4.69) is 0 Å². The Morgan fingerprint density at radius 3 is 2.25 bits per heavy atom. The zero-order valence-electron chi connectivity index (χ0n) is 8.91. The first-order chi connectivity index (χ1) is 7.68. The van der Waals surface area contributed by atoms with Gasteiger partial charge in [-0.1, -0.05) is 42.0 Å². The van der Waals surface area contributed by atoms with Crippen molar-refractivity contribution in [1.82, 2.24) is 0 Å². The molecule has 1 nitrogen and oxygen atoms in total. The van der Waals surface area contributed by atoms with Crippen LogP contribution in [0.15, 0.2) is 48.5 Å². The molecule has 0 radical (unpaired) electrons. The largest absolute Gasteiger partial charge is 0.288 e. The van der Waals surface area contributed by atoms with Crippen molar-refractivity contribution in [3.8, 4) is 0 Å². The zero-order chi connectivity index (χ0) is 11.5. The molecule has 0 amide bonds. The Hall–Kier alpha value is -1.96. The number of hydrogen-bond acceptors (Lipinski definition) is 1. The summed E-state index contributed by atoms with van der Waals surface area (Å²) in [6.07, 6.45) is 0. The maximum atomic E-state index is 13.4. The van der Waals surface area contributed by atoms with Crippen LogP contribution in [-0.4, -0.2) is 5.78 Å². The van der Waals surface area contributed by atoms with Crippen LogP contribution in [0, 0.1) is 12.7 Å². The summed E-state index contributed by atoms with van der Waals surface area (Å²) in [5.74, 6) is -0.758. The van der Waals surface area contributed by atoms with Crippen molar-refractivity contribution < 1.29 is 9.18 Å². The highest BCUT2D eigenvalue weighted by atomic mass is 19.1. The minimum atomic E-state index is -0.479. The van der Waals surface area contributed by atoms with Gasteiger partial charge in [0.15, 0.2) is 5.78 Å². The standard InChI is InChI=1S/C14H11FO/c1-10-6-8-11(9-7-10)14(16)12-4-2-3-5-13(12)15/h2-9H,1H3. The van der Waals surface area contributed by atoms with Crippen molar-refractivity contribution in [3.05, 3.63) is 71.0 Å². The smallest absolute Gasteiger partial charge is 0.195 e. The quantitative estimate of drug-likeness (QED) is 0.700. The van der Waals surface area contributed by atoms with E-state index < -0.39 is 5.82 Å². The van der Waals surface area contributed by atoms with Gasteiger partial charge in [-0.25, -0.2) is 4.39 Å². The Kier molecular flexibility index (Phi) is 2.82. The average molecular weight is 214 g/mol. The summed E-state index contributed by atoms with van der Waals surface area (Å²) in [5, 5.41) is 0. The van der Waals surface area contributed by atoms with Crippen molar-refractivity contribution in [2.24, 2.45) is 0 Å². The van der Waals surface area contributed by atoms with Crippen LogP contribution in [0.2, 0.25) is 0 Å². The lowest BCUT2D eigenvalue weighted by Gasteiger charge is -2.02. The Bertz CT molecular complexity index is 515. The van der Waals surface area contributed by atoms with Crippen LogP contribution in [0.4, 0.5) is 4.39 Å². The summed E-state index contributed by atoms with van der Waals surface area (Å²) in [5.41, 5.74) is 1.70. The van der Waals surface area contributed by atoms with Crippen molar-refractivity contribution in [3.63, 3.8) is 0 Å². The summed E-state index contributed by atoms with van der Waals surface area (Å²) in [6.45, 7) is 1.94. The second-order valence-corrected chi connectivity index (χ2v) is 3.67. The van der Waals surface area contributed by atoms with Gasteiger partial charge in [0.2, 0.25) is 0 Å². The summed E-state index contributed by atoms with van der Waals surface area (Å²) < 4.78 is 13.4. The lowest BCUT2D eigenvalue weighted by Crippen LogP contribution is -2.03. The molecule has 0 aromatic heterocycles. The summed E-state index contributed by atoms with van der Waals surface area (Å²) >= 11 is 0. The molecule has 0 fully saturated rings. The van der Waals surface area contributed by atoms with Gasteiger partial charge in [0.25, 0.3) is 0 Å². The van der Waals surface area contributed by atoms with E-state index in [-0.39, 0.29) is 11.3 Å². The topological polar surface area (TPSA) is 17.1 Å². The second kappa shape index (κ2) is 4.27. The normalized spacial score (nSPS) is 10.1. The first-order valence-corrected chi connectivity index (χ1v) is 5.04. The highest BCUT2D eigenvalue weighted by molar-refractivity contribution is 6.09. The van der Waals surface area contributed by atoms with Gasteiger partial charge in [-0.3, -0.25) is 4.79 Å². The molecular weight excluding hydrogens is 203 g/mol. The van der Waals surface area contributed by atoms with Gasteiger partial charge < -0.3 is 0 Å². The minimum absolute atomic E-state index is 0.117. The molecular formula is C14H11FO. The number of carbonyl (C=O) groups is 1. The van der Waals surface area contributed by atoms with Crippen LogP contribution in [0.1, 0.15) is 21.5 Å². The van der Waals surface area contributed by atoms with Gasteiger partial charge in [-0.05, 0) is 19.1 Å². The first kappa shape index (κ1) is 10.6. The van der Waals surface area contributed by atoms with Crippen molar-refractivity contribution >= 4 is 5.78 Å². The van der Waals surface area contributed by atoms with Gasteiger partial charge in [0.05, 0.1) is 5.56 Å². The molecule has 2 aromatic carbocycles. The van der Waals surface area contributed by atoms with Crippen LogP contribution in [-0.2, 0) is 0 Å². The van der Waals surface area contributed by atoms with E-state index in [0.29, 0.717) is 5.56 Å². The molecule has 0 N–H and O–H groups in total. The van der Waals surface area contributed by atoms with E-state index in [9.17, 15) is 9.18 Å². The monoisotopic (exact) mass is 214 g/mol. The lowest BCUT2D eigenvalue weighted by molar-refractivity contribution is 0.103. The van der Waals surface area contributed by atoms with Gasteiger partial charge in [0.1, 0.15) is 5.82 Å². The predicted molar refractivity (Wildman–Crippen MR) is 61.0 cm³/mol. The highest BCUT2D eigenvalue weighted by Crippen LogP contribution is 2.13. The number of hydrogen-bond donors (Lipinski definition) is 0. The molecule has 2 rings (SSSR count). The van der Waals surface area contributed by atoms with Crippen LogP contribution in [0.5, 0.6) is 0 Å². The Morgan fingerprint density at radius 2 is 1.62 bits per heavy atom. The Labute approximate surface area is 93.5 Å². The molecule has 0 spiro atoms. The van der Waals surface area contributed by atoms with Crippen LogP contribution in [0.3, 0.4) is 0 Å². The number of benzene rings is 2. The third-order valence-electron chi connectivity index (χ3n) is 2.43. The van der Waals surface area contributed by atoms with Crippen molar-refractivity contribution in [2.45, 2.75) is 6.92 Å². The predicted octanol–water partition coefficient (Wildman–Crippen LogP) is 3.37. The van der Waals surface area contributed by atoms with E-state index in [1.54, 1.807) is 24.3 Å².